The number of rotatable bonds is 2. The van der Waals surface area contributed by atoms with E-state index in [1.807, 2.05) is 4.90 Å². The van der Waals surface area contributed by atoms with Crippen LogP contribution in [0.4, 0.5) is 10.1 Å². The third kappa shape index (κ3) is 2.87. The third-order valence-corrected chi connectivity index (χ3v) is 3.46. The van der Waals surface area contributed by atoms with Crippen molar-refractivity contribution >= 4 is 11.6 Å². The summed E-state index contributed by atoms with van der Waals surface area (Å²) in [6.45, 7) is 3.14. The number of nitrogens with zero attached hydrogens (tertiary/aromatic N) is 2. The van der Waals surface area contributed by atoms with E-state index in [-0.39, 0.29) is 18.0 Å². The molecule has 0 spiro atoms. The fourth-order valence-electron chi connectivity index (χ4n) is 2.41. The van der Waals surface area contributed by atoms with E-state index in [0.717, 1.165) is 6.42 Å². The van der Waals surface area contributed by atoms with Crippen LogP contribution < -0.4 is 4.90 Å². The molecule has 0 aromatic heterocycles. The van der Waals surface area contributed by atoms with Crippen molar-refractivity contribution in [3.63, 3.8) is 0 Å². The lowest BCUT2D eigenvalue weighted by Gasteiger charge is -2.26. The Morgan fingerprint density at radius 2 is 2.11 bits per heavy atom. The molecular formula is C14H19FN2O2. The van der Waals surface area contributed by atoms with E-state index in [9.17, 15) is 14.3 Å². The standard InChI is InChI=1S/C14H19FN2O2/c1-10(18)14-11(15)5-3-6-12(14)17-8-4-7-16(2)13(19)9-17/h3,5-6,10,18H,4,7-9H2,1-2H3/t10-/m1/s1. The Kier molecular flexibility index (Phi) is 4.04. The van der Waals surface area contributed by atoms with Crippen LogP contribution in [0.1, 0.15) is 25.0 Å². The zero-order chi connectivity index (χ0) is 14.0. The maximum Gasteiger partial charge on any atom is 0.241 e. The summed E-state index contributed by atoms with van der Waals surface area (Å²) < 4.78 is 13.8. The molecule has 1 aliphatic heterocycles. The average molecular weight is 266 g/mol. The highest BCUT2D eigenvalue weighted by Gasteiger charge is 2.23. The first-order valence-corrected chi connectivity index (χ1v) is 6.46. The molecule has 1 amide bonds. The largest absolute Gasteiger partial charge is 0.389 e. The van der Waals surface area contributed by atoms with Gasteiger partial charge in [-0.2, -0.15) is 0 Å². The maximum atomic E-state index is 13.8. The topological polar surface area (TPSA) is 43.8 Å². The summed E-state index contributed by atoms with van der Waals surface area (Å²) in [5, 5.41) is 9.74. The number of aliphatic hydroxyl groups is 1. The Labute approximate surface area is 112 Å². The molecule has 4 nitrogen and oxygen atoms in total. The van der Waals surface area contributed by atoms with Gasteiger partial charge in [0.05, 0.1) is 12.6 Å². The van der Waals surface area contributed by atoms with Crippen molar-refractivity contribution in [3.8, 4) is 0 Å². The molecule has 0 aliphatic carbocycles. The Balaban J connectivity index is 2.36. The highest BCUT2D eigenvalue weighted by atomic mass is 19.1. The number of carbonyl (C=O) groups excluding carboxylic acids is 1. The van der Waals surface area contributed by atoms with Crippen LogP contribution in [0.3, 0.4) is 0 Å². The average Bonchev–Trinajstić information content (AvgIpc) is 2.51. The quantitative estimate of drug-likeness (QED) is 0.883. The summed E-state index contributed by atoms with van der Waals surface area (Å²) in [4.78, 5) is 15.4. The zero-order valence-corrected chi connectivity index (χ0v) is 11.3. The predicted molar refractivity (Wildman–Crippen MR) is 71.5 cm³/mol. The van der Waals surface area contributed by atoms with Crippen molar-refractivity contribution in [2.75, 3.05) is 31.6 Å². The molecule has 0 saturated carbocycles. The summed E-state index contributed by atoms with van der Waals surface area (Å²) in [5.41, 5.74) is 0.874. The van der Waals surface area contributed by atoms with E-state index in [4.69, 9.17) is 0 Å². The Bertz CT molecular complexity index is 477. The molecule has 1 saturated heterocycles. The van der Waals surface area contributed by atoms with E-state index in [1.54, 1.807) is 24.1 Å². The lowest BCUT2D eigenvalue weighted by Crippen LogP contribution is -2.35. The van der Waals surface area contributed by atoms with Crippen molar-refractivity contribution < 1.29 is 14.3 Å². The highest BCUT2D eigenvalue weighted by Crippen LogP contribution is 2.29. The van der Waals surface area contributed by atoms with E-state index < -0.39 is 11.9 Å². The van der Waals surface area contributed by atoms with E-state index >= 15 is 0 Å². The van der Waals surface area contributed by atoms with Crippen molar-refractivity contribution in [3.05, 3.63) is 29.6 Å². The fourth-order valence-corrected chi connectivity index (χ4v) is 2.41. The molecule has 2 rings (SSSR count). The van der Waals surface area contributed by atoms with Crippen molar-refractivity contribution in [1.82, 2.24) is 4.90 Å². The van der Waals surface area contributed by atoms with Crippen LogP contribution in [0.2, 0.25) is 0 Å². The number of hydrogen-bond donors (Lipinski definition) is 1. The fraction of sp³-hybridized carbons (Fsp3) is 0.500. The van der Waals surface area contributed by atoms with Gasteiger partial charge in [0.15, 0.2) is 0 Å². The van der Waals surface area contributed by atoms with Crippen LogP contribution in [-0.2, 0) is 4.79 Å². The lowest BCUT2D eigenvalue weighted by atomic mass is 10.1. The molecule has 19 heavy (non-hydrogen) atoms. The van der Waals surface area contributed by atoms with Gasteiger partial charge < -0.3 is 14.9 Å². The van der Waals surface area contributed by atoms with Crippen LogP contribution in [0.15, 0.2) is 18.2 Å². The number of amides is 1. The SMILES string of the molecule is C[C@@H](O)c1c(F)cccc1N1CCCN(C)C(=O)C1. The number of hydrogen-bond acceptors (Lipinski definition) is 3. The van der Waals surface area contributed by atoms with Crippen LogP contribution in [0, 0.1) is 5.82 Å². The first-order chi connectivity index (χ1) is 9.00. The number of aliphatic hydroxyl groups excluding tert-OH is 1. The first-order valence-electron chi connectivity index (χ1n) is 6.46. The van der Waals surface area contributed by atoms with Crippen LogP contribution in [0.5, 0.6) is 0 Å². The summed E-state index contributed by atoms with van der Waals surface area (Å²) in [5.74, 6) is -0.421. The van der Waals surface area contributed by atoms with Gasteiger partial charge in [0.2, 0.25) is 5.91 Å². The van der Waals surface area contributed by atoms with E-state index in [1.165, 1.54) is 13.0 Å². The van der Waals surface area contributed by atoms with Gasteiger partial charge in [-0.15, -0.1) is 0 Å². The minimum atomic E-state index is -0.896. The molecule has 0 radical (unpaired) electrons. The molecule has 0 unspecified atom stereocenters. The molecule has 1 aliphatic rings. The minimum Gasteiger partial charge on any atom is -0.389 e. The number of anilines is 1. The molecule has 1 fully saturated rings. The predicted octanol–water partition coefficient (Wildman–Crippen LogP) is 1.55. The number of carbonyl (C=O) groups is 1. The molecule has 1 aromatic carbocycles. The Hall–Kier alpha value is -1.62. The van der Waals surface area contributed by atoms with Gasteiger partial charge >= 0.3 is 0 Å². The van der Waals surface area contributed by atoms with Gasteiger partial charge in [0.1, 0.15) is 5.82 Å². The number of likely N-dealkylation sites (N-methyl/N-ethyl adjacent to an activating group) is 1. The van der Waals surface area contributed by atoms with Crippen molar-refractivity contribution in [2.24, 2.45) is 0 Å². The molecule has 1 aromatic rings. The van der Waals surface area contributed by atoms with E-state index in [0.29, 0.717) is 18.8 Å². The van der Waals surface area contributed by atoms with Crippen LogP contribution in [0.25, 0.3) is 0 Å². The van der Waals surface area contributed by atoms with Crippen molar-refractivity contribution in [1.29, 1.82) is 0 Å². The normalized spacial score (nSPS) is 18.4. The smallest absolute Gasteiger partial charge is 0.241 e. The molecule has 1 N–H and O–H groups in total. The van der Waals surface area contributed by atoms with Crippen molar-refractivity contribution in [2.45, 2.75) is 19.4 Å². The molecule has 104 valence electrons. The molecule has 5 heteroatoms. The van der Waals surface area contributed by atoms with E-state index in [2.05, 4.69) is 0 Å². The van der Waals surface area contributed by atoms with Gasteiger partial charge in [-0.05, 0) is 25.5 Å². The summed E-state index contributed by atoms with van der Waals surface area (Å²) in [6, 6.07) is 4.69. The zero-order valence-electron chi connectivity index (χ0n) is 11.3. The molecule has 1 atom stereocenters. The van der Waals surface area contributed by atoms with Gasteiger partial charge in [0.25, 0.3) is 0 Å². The van der Waals surface area contributed by atoms with Gasteiger partial charge in [-0.25, -0.2) is 4.39 Å². The second-order valence-corrected chi connectivity index (χ2v) is 4.94. The lowest BCUT2D eigenvalue weighted by molar-refractivity contribution is -0.127. The second-order valence-electron chi connectivity index (χ2n) is 4.94. The van der Waals surface area contributed by atoms with Gasteiger partial charge in [-0.3, -0.25) is 4.79 Å². The maximum absolute atomic E-state index is 13.8. The summed E-state index contributed by atoms with van der Waals surface area (Å²) >= 11 is 0. The van der Waals surface area contributed by atoms with Gasteiger partial charge in [0, 0.05) is 31.4 Å². The molecule has 1 heterocycles. The number of benzene rings is 1. The number of halogens is 1. The summed E-state index contributed by atoms with van der Waals surface area (Å²) in [7, 11) is 1.77. The summed E-state index contributed by atoms with van der Waals surface area (Å²) in [6.07, 6.45) is -0.0647. The van der Waals surface area contributed by atoms with Crippen LogP contribution in [-0.4, -0.2) is 42.6 Å². The molecule has 0 bridgehead atoms. The van der Waals surface area contributed by atoms with Gasteiger partial charge in [-0.1, -0.05) is 6.07 Å². The third-order valence-electron chi connectivity index (χ3n) is 3.46. The minimum absolute atomic E-state index is 0.0123. The highest BCUT2D eigenvalue weighted by molar-refractivity contribution is 5.82. The Morgan fingerprint density at radius 1 is 1.37 bits per heavy atom. The Morgan fingerprint density at radius 3 is 2.79 bits per heavy atom. The second kappa shape index (κ2) is 5.57. The molecular weight excluding hydrogens is 247 g/mol. The van der Waals surface area contributed by atoms with Crippen LogP contribution >= 0.6 is 0 Å². The monoisotopic (exact) mass is 266 g/mol. The first kappa shape index (κ1) is 13.8.